The molecule has 150 valence electrons. The average Bonchev–Trinajstić information content (AvgIpc) is 3.32. The van der Waals surface area contributed by atoms with Gasteiger partial charge in [-0.3, -0.25) is 4.79 Å². The molecule has 2 aromatic carbocycles. The van der Waals surface area contributed by atoms with Gasteiger partial charge in [0.15, 0.2) is 0 Å². The van der Waals surface area contributed by atoms with Crippen LogP contribution in [0.1, 0.15) is 57.6 Å². The number of benzene rings is 2. The molecular weight excluding hydrogens is 356 g/mol. The Morgan fingerprint density at radius 3 is 2.03 bits per heavy atom. The van der Waals surface area contributed by atoms with Gasteiger partial charge in [-0.1, -0.05) is 81.4 Å². The maximum atomic E-state index is 13.2. The van der Waals surface area contributed by atoms with Gasteiger partial charge >= 0.3 is 0 Å². The van der Waals surface area contributed by atoms with Crippen LogP contribution >= 0.6 is 0 Å². The molecule has 3 heteroatoms. The second kappa shape index (κ2) is 6.29. The van der Waals surface area contributed by atoms with Gasteiger partial charge in [-0.25, -0.2) is 5.43 Å². The first-order valence-electron chi connectivity index (χ1n) is 10.9. The van der Waals surface area contributed by atoms with Crippen molar-refractivity contribution in [2.45, 2.75) is 51.9 Å². The van der Waals surface area contributed by atoms with Crippen LogP contribution in [0.5, 0.6) is 0 Å². The van der Waals surface area contributed by atoms with Crippen molar-refractivity contribution in [1.82, 2.24) is 5.43 Å². The fourth-order valence-corrected chi connectivity index (χ4v) is 6.37. The number of hydrogen-bond acceptors (Lipinski definition) is 2. The molecule has 3 aliphatic carbocycles. The molecule has 0 saturated heterocycles. The molecule has 0 aromatic heterocycles. The molecule has 0 unspecified atom stereocenters. The molecule has 0 heterocycles. The molecule has 3 saturated carbocycles. The van der Waals surface area contributed by atoms with E-state index in [9.17, 15) is 4.79 Å². The van der Waals surface area contributed by atoms with Gasteiger partial charge in [0.2, 0.25) is 5.91 Å². The number of rotatable bonds is 4. The molecule has 0 radical (unpaired) electrons. The third-order valence-corrected chi connectivity index (χ3v) is 8.08. The normalized spacial score (nSPS) is 32.3. The summed E-state index contributed by atoms with van der Waals surface area (Å²) in [5.74, 6) is 0.662. The molecule has 2 aromatic rings. The van der Waals surface area contributed by atoms with Crippen LogP contribution in [0.3, 0.4) is 0 Å². The van der Waals surface area contributed by atoms with E-state index < -0.39 is 0 Å². The van der Waals surface area contributed by atoms with Crippen LogP contribution in [0.25, 0.3) is 0 Å². The summed E-state index contributed by atoms with van der Waals surface area (Å²) in [6.07, 6.45) is 4.51. The van der Waals surface area contributed by atoms with E-state index in [4.69, 9.17) is 5.10 Å². The molecule has 1 N–H and O–H groups in total. The van der Waals surface area contributed by atoms with Crippen LogP contribution in [-0.4, -0.2) is 11.6 Å². The fraction of sp³-hybridized carbons (Fsp3) is 0.462. The van der Waals surface area contributed by atoms with Gasteiger partial charge in [0.05, 0.1) is 11.6 Å². The van der Waals surface area contributed by atoms with E-state index in [0.29, 0.717) is 5.92 Å². The average molecular weight is 387 g/mol. The van der Waals surface area contributed by atoms with Crippen LogP contribution < -0.4 is 5.43 Å². The summed E-state index contributed by atoms with van der Waals surface area (Å²) in [6, 6.07) is 20.9. The van der Waals surface area contributed by atoms with Gasteiger partial charge < -0.3 is 0 Å². The molecule has 1 amide bonds. The topological polar surface area (TPSA) is 41.5 Å². The predicted octanol–water partition coefficient (Wildman–Crippen LogP) is 5.31. The highest BCUT2D eigenvalue weighted by Crippen LogP contribution is 2.61. The molecule has 3 nitrogen and oxygen atoms in total. The summed E-state index contributed by atoms with van der Waals surface area (Å²) in [5, 5.41) is 4.76. The van der Waals surface area contributed by atoms with Crippen molar-refractivity contribution in [2.75, 3.05) is 0 Å². The summed E-state index contributed by atoms with van der Waals surface area (Å²) >= 11 is 0. The van der Waals surface area contributed by atoms with E-state index in [2.05, 4.69) is 74.7 Å². The molecule has 0 spiro atoms. The van der Waals surface area contributed by atoms with E-state index in [1.54, 1.807) is 0 Å². The quantitative estimate of drug-likeness (QED) is 0.711. The highest BCUT2D eigenvalue weighted by Gasteiger charge is 2.61. The lowest BCUT2D eigenvalue weighted by atomic mass is 9.71. The molecule has 0 aliphatic heterocycles. The van der Waals surface area contributed by atoms with Gasteiger partial charge in [0, 0.05) is 16.2 Å². The number of fused-ring (bicyclic) bond motifs is 2. The van der Waals surface area contributed by atoms with Crippen molar-refractivity contribution in [3.05, 3.63) is 71.8 Å². The van der Waals surface area contributed by atoms with E-state index in [1.807, 2.05) is 12.1 Å². The Labute approximate surface area is 173 Å². The Bertz CT molecular complexity index is 916. The van der Waals surface area contributed by atoms with Crippen LogP contribution in [0.2, 0.25) is 0 Å². The molecular formula is C26H30N2O. The summed E-state index contributed by atoms with van der Waals surface area (Å²) in [5.41, 5.74) is 6.62. The summed E-state index contributed by atoms with van der Waals surface area (Å²) in [7, 11) is 0. The van der Waals surface area contributed by atoms with Crippen molar-refractivity contribution in [1.29, 1.82) is 0 Å². The summed E-state index contributed by atoms with van der Waals surface area (Å²) < 4.78 is 0. The summed E-state index contributed by atoms with van der Waals surface area (Å²) in [6.45, 7) is 6.91. The van der Waals surface area contributed by atoms with Crippen molar-refractivity contribution in [2.24, 2.45) is 27.8 Å². The Balaban J connectivity index is 1.42. The van der Waals surface area contributed by atoms with E-state index in [0.717, 1.165) is 6.42 Å². The van der Waals surface area contributed by atoms with Gasteiger partial charge in [-0.2, -0.15) is 5.10 Å². The van der Waals surface area contributed by atoms with Crippen molar-refractivity contribution >= 4 is 11.6 Å². The Hall–Kier alpha value is -2.42. The predicted molar refractivity (Wildman–Crippen MR) is 117 cm³/mol. The Morgan fingerprint density at radius 1 is 0.931 bits per heavy atom. The first-order chi connectivity index (χ1) is 13.9. The second-order valence-corrected chi connectivity index (χ2v) is 10.1. The minimum absolute atomic E-state index is 0.0485. The number of carbonyl (C=O) groups is 1. The second-order valence-electron chi connectivity index (χ2n) is 10.1. The lowest BCUT2D eigenvalue weighted by Crippen LogP contribution is -2.38. The zero-order valence-corrected chi connectivity index (χ0v) is 17.6. The lowest BCUT2D eigenvalue weighted by Gasteiger charge is -2.35. The van der Waals surface area contributed by atoms with Crippen LogP contribution in [0, 0.1) is 22.7 Å². The lowest BCUT2D eigenvalue weighted by molar-refractivity contribution is -0.122. The monoisotopic (exact) mass is 386 g/mol. The number of amides is 1. The number of nitrogens with one attached hydrogen (secondary N) is 1. The SMILES string of the molecule is CC1(C)/C(=N/NC(=O)[C@H]2CC2(c2ccccc2)c2ccccc2)[C@]2(C)CC[C@H]1C2. The van der Waals surface area contributed by atoms with Gasteiger partial charge in [0.25, 0.3) is 0 Å². The zero-order valence-electron chi connectivity index (χ0n) is 17.6. The first-order valence-corrected chi connectivity index (χ1v) is 10.9. The Morgan fingerprint density at radius 2 is 1.52 bits per heavy atom. The molecule has 29 heavy (non-hydrogen) atoms. The van der Waals surface area contributed by atoms with Crippen LogP contribution in [0.4, 0.5) is 0 Å². The maximum absolute atomic E-state index is 13.2. The van der Waals surface area contributed by atoms with Gasteiger partial charge in [-0.05, 0) is 42.7 Å². The first kappa shape index (κ1) is 18.6. The molecule has 3 aliphatic rings. The minimum Gasteiger partial charge on any atom is -0.273 e. The maximum Gasteiger partial charge on any atom is 0.244 e. The van der Waals surface area contributed by atoms with E-state index in [1.165, 1.54) is 36.1 Å². The number of hydrogen-bond donors (Lipinski definition) is 1. The van der Waals surface area contributed by atoms with Crippen LogP contribution in [-0.2, 0) is 10.2 Å². The van der Waals surface area contributed by atoms with E-state index >= 15 is 0 Å². The largest absolute Gasteiger partial charge is 0.273 e. The molecule has 5 rings (SSSR count). The van der Waals surface area contributed by atoms with Crippen molar-refractivity contribution in [3.8, 4) is 0 Å². The Kier molecular flexibility index (Phi) is 4.03. The number of carbonyl (C=O) groups excluding carboxylic acids is 1. The highest BCUT2D eigenvalue weighted by atomic mass is 16.2. The van der Waals surface area contributed by atoms with Gasteiger partial charge in [0.1, 0.15) is 0 Å². The van der Waals surface area contributed by atoms with E-state index in [-0.39, 0.29) is 28.1 Å². The smallest absolute Gasteiger partial charge is 0.244 e. The zero-order chi connectivity index (χ0) is 20.3. The molecule has 3 fully saturated rings. The summed E-state index contributed by atoms with van der Waals surface area (Å²) in [4.78, 5) is 13.2. The highest BCUT2D eigenvalue weighted by molar-refractivity contribution is 5.98. The third kappa shape index (κ3) is 2.70. The standard InChI is InChI=1S/C26H30N2O/c1-24(2)20-14-15-25(3,16-20)23(24)28-27-22(29)21-17-26(21,18-10-6-4-7-11-18)19-12-8-5-9-13-19/h4-13,20-21H,14-17H2,1-3H3,(H,27,29)/b28-23-/t20-,21+,25+/m0/s1. The van der Waals surface area contributed by atoms with Crippen molar-refractivity contribution in [3.63, 3.8) is 0 Å². The fourth-order valence-electron chi connectivity index (χ4n) is 6.37. The molecule has 3 atom stereocenters. The van der Waals surface area contributed by atoms with Crippen molar-refractivity contribution < 1.29 is 4.79 Å². The third-order valence-electron chi connectivity index (χ3n) is 8.08. The number of nitrogens with zero attached hydrogens (tertiary/aromatic N) is 1. The minimum atomic E-state index is -0.235. The van der Waals surface area contributed by atoms with Crippen LogP contribution in [0.15, 0.2) is 65.8 Å². The number of hydrazone groups is 1. The van der Waals surface area contributed by atoms with Gasteiger partial charge in [-0.15, -0.1) is 0 Å². The molecule has 2 bridgehead atoms.